The molecular weight excluding hydrogens is 264 g/mol. The van der Waals surface area contributed by atoms with E-state index in [4.69, 9.17) is 0 Å². The number of hydrogen-bond donors (Lipinski definition) is 2. The maximum Gasteiger partial charge on any atom is 0.228 e. The molecule has 21 heavy (non-hydrogen) atoms. The summed E-state index contributed by atoms with van der Waals surface area (Å²) in [5.74, 6) is -0.645. The fourth-order valence-corrected chi connectivity index (χ4v) is 2.55. The van der Waals surface area contributed by atoms with Gasteiger partial charge in [0.1, 0.15) is 0 Å². The number of benzene rings is 2. The van der Waals surface area contributed by atoms with E-state index in [9.17, 15) is 9.59 Å². The van der Waals surface area contributed by atoms with Crippen LogP contribution in [-0.4, -0.2) is 11.8 Å². The van der Waals surface area contributed by atoms with Gasteiger partial charge in [0.25, 0.3) is 0 Å². The number of nitrogens with one attached hydrogen (secondary N) is 2. The first-order chi connectivity index (χ1) is 10.2. The SMILES string of the molecule is O=C1C[C@H](C(=O)NCc2ccccc2)c2ccccc2N1. The molecule has 4 nitrogen and oxygen atoms in total. The van der Waals surface area contributed by atoms with Gasteiger partial charge in [-0.05, 0) is 17.2 Å². The number of anilines is 1. The summed E-state index contributed by atoms with van der Waals surface area (Å²) in [7, 11) is 0. The molecule has 0 radical (unpaired) electrons. The van der Waals surface area contributed by atoms with Crippen molar-refractivity contribution in [3.05, 3.63) is 65.7 Å². The fraction of sp³-hybridized carbons (Fsp3) is 0.176. The van der Waals surface area contributed by atoms with E-state index in [0.29, 0.717) is 6.54 Å². The highest BCUT2D eigenvalue weighted by Gasteiger charge is 2.30. The van der Waals surface area contributed by atoms with Crippen LogP contribution in [0.1, 0.15) is 23.5 Å². The number of amides is 2. The molecular formula is C17H16N2O2. The summed E-state index contributed by atoms with van der Waals surface area (Å²) in [6.45, 7) is 0.472. The summed E-state index contributed by atoms with van der Waals surface area (Å²) >= 11 is 0. The Labute approximate surface area is 123 Å². The number of carbonyl (C=O) groups is 2. The van der Waals surface area contributed by atoms with Crippen molar-refractivity contribution in [2.24, 2.45) is 0 Å². The van der Waals surface area contributed by atoms with Gasteiger partial charge >= 0.3 is 0 Å². The van der Waals surface area contributed by atoms with E-state index in [1.165, 1.54) is 0 Å². The van der Waals surface area contributed by atoms with Crippen LogP contribution in [-0.2, 0) is 16.1 Å². The maximum absolute atomic E-state index is 12.4. The Balaban J connectivity index is 1.74. The van der Waals surface area contributed by atoms with Crippen LogP contribution in [0.4, 0.5) is 5.69 Å². The lowest BCUT2D eigenvalue weighted by Gasteiger charge is -2.24. The van der Waals surface area contributed by atoms with E-state index >= 15 is 0 Å². The van der Waals surface area contributed by atoms with Gasteiger partial charge in [0, 0.05) is 18.7 Å². The fourth-order valence-electron chi connectivity index (χ4n) is 2.55. The smallest absolute Gasteiger partial charge is 0.228 e. The Morgan fingerprint density at radius 1 is 1.10 bits per heavy atom. The Hall–Kier alpha value is -2.62. The minimum absolute atomic E-state index is 0.110. The third kappa shape index (κ3) is 2.94. The van der Waals surface area contributed by atoms with Gasteiger partial charge in [-0.25, -0.2) is 0 Å². The summed E-state index contributed by atoms with van der Waals surface area (Å²) in [6, 6.07) is 17.2. The summed E-state index contributed by atoms with van der Waals surface area (Å²) in [4.78, 5) is 24.1. The predicted molar refractivity (Wildman–Crippen MR) is 80.7 cm³/mol. The van der Waals surface area contributed by atoms with Crippen molar-refractivity contribution in [1.29, 1.82) is 0 Å². The van der Waals surface area contributed by atoms with Gasteiger partial charge in [-0.3, -0.25) is 9.59 Å². The Morgan fingerprint density at radius 2 is 1.81 bits per heavy atom. The van der Waals surface area contributed by atoms with Crippen molar-refractivity contribution in [2.45, 2.75) is 18.9 Å². The zero-order valence-corrected chi connectivity index (χ0v) is 11.5. The molecule has 0 bridgehead atoms. The zero-order chi connectivity index (χ0) is 14.7. The van der Waals surface area contributed by atoms with E-state index < -0.39 is 5.92 Å². The topological polar surface area (TPSA) is 58.2 Å². The third-order valence-corrected chi connectivity index (χ3v) is 3.63. The average molecular weight is 280 g/mol. The molecule has 0 saturated carbocycles. The van der Waals surface area contributed by atoms with Crippen molar-refractivity contribution in [1.82, 2.24) is 5.32 Å². The van der Waals surface area contributed by atoms with Gasteiger partial charge in [0.05, 0.1) is 5.92 Å². The maximum atomic E-state index is 12.4. The van der Waals surface area contributed by atoms with Crippen LogP contribution in [0.2, 0.25) is 0 Å². The van der Waals surface area contributed by atoms with Crippen LogP contribution in [0.5, 0.6) is 0 Å². The molecule has 1 atom stereocenters. The largest absolute Gasteiger partial charge is 0.351 e. The Morgan fingerprint density at radius 3 is 2.62 bits per heavy atom. The van der Waals surface area contributed by atoms with Crippen molar-refractivity contribution in [3.63, 3.8) is 0 Å². The molecule has 0 spiro atoms. The van der Waals surface area contributed by atoms with Crippen molar-refractivity contribution >= 4 is 17.5 Å². The average Bonchev–Trinajstić information content (AvgIpc) is 2.52. The lowest BCUT2D eigenvalue weighted by molar-refractivity contribution is -0.126. The molecule has 0 aromatic heterocycles. The van der Waals surface area contributed by atoms with Gasteiger partial charge < -0.3 is 10.6 Å². The second-order valence-electron chi connectivity index (χ2n) is 5.10. The molecule has 1 heterocycles. The molecule has 1 aliphatic rings. The highest BCUT2D eigenvalue weighted by atomic mass is 16.2. The molecule has 0 unspecified atom stereocenters. The first-order valence-electron chi connectivity index (χ1n) is 6.94. The summed E-state index contributed by atoms with van der Waals surface area (Å²) in [6.07, 6.45) is 0.192. The standard InChI is InChI=1S/C17H16N2O2/c20-16-10-14(13-8-4-5-9-15(13)19-16)17(21)18-11-12-6-2-1-3-7-12/h1-9,14H,10-11H2,(H,18,21)(H,19,20)/t14-/m0/s1. The summed E-state index contributed by atoms with van der Waals surface area (Å²) in [5, 5.41) is 5.71. The van der Waals surface area contributed by atoms with E-state index in [0.717, 1.165) is 16.8 Å². The molecule has 4 heteroatoms. The molecule has 2 aromatic rings. The van der Waals surface area contributed by atoms with E-state index in [2.05, 4.69) is 10.6 Å². The van der Waals surface area contributed by atoms with Crippen molar-refractivity contribution in [3.8, 4) is 0 Å². The highest BCUT2D eigenvalue weighted by molar-refractivity contribution is 6.01. The summed E-state index contributed by atoms with van der Waals surface area (Å²) in [5.41, 5.74) is 2.65. The Bertz CT molecular complexity index is 668. The number of rotatable bonds is 3. The monoisotopic (exact) mass is 280 g/mol. The highest BCUT2D eigenvalue weighted by Crippen LogP contribution is 2.31. The third-order valence-electron chi connectivity index (χ3n) is 3.63. The van der Waals surface area contributed by atoms with E-state index in [-0.39, 0.29) is 18.2 Å². The molecule has 2 N–H and O–H groups in total. The normalized spacial score (nSPS) is 16.8. The Kier molecular flexibility index (Phi) is 3.69. The van der Waals surface area contributed by atoms with Gasteiger partial charge in [0.15, 0.2) is 0 Å². The predicted octanol–water partition coefficient (Wildman–Crippen LogP) is 2.43. The first kappa shape index (κ1) is 13.4. The van der Waals surface area contributed by atoms with E-state index in [1.807, 2.05) is 54.6 Å². The lowest BCUT2D eigenvalue weighted by Crippen LogP contribution is -2.34. The summed E-state index contributed by atoms with van der Waals surface area (Å²) < 4.78 is 0. The van der Waals surface area contributed by atoms with Crippen LogP contribution < -0.4 is 10.6 Å². The zero-order valence-electron chi connectivity index (χ0n) is 11.5. The number of hydrogen-bond acceptors (Lipinski definition) is 2. The molecule has 106 valence electrons. The van der Waals surface area contributed by atoms with E-state index in [1.54, 1.807) is 0 Å². The van der Waals surface area contributed by atoms with Gasteiger partial charge in [0.2, 0.25) is 11.8 Å². The van der Waals surface area contributed by atoms with Crippen LogP contribution in [0, 0.1) is 0 Å². The van der Waals surface area contributed by atoms with Gasteiger partial charge in [-0.2, -0.15) is 0 Å². The molecule has 2 aromatic carbocycles. The number of para-hydroxylation sites is 1. The van der Waals surface area contributed by atoms with Gasteiger partial charge in [-0.1, -0.05) is 48.5 Å². The van der Waals surface area contributed by atoms with Crippen LogP contribution in [0.15, 0.2) is 54.6 Å². The molecule has 0 aliphatic carbocycles. The first-order valence-corrected chi connectivity index (χ1v) is 6.94. The molecule has 0 saturated heterocycles. The molecule has 3 rings (SSSR count). The lowest BCUT2D eigenvalue weighted by atomic mass is 9.90. The van der Waals surface area contributed by atoms with Crippen LogP contribution >= 0.6 is 0 Å². The molecule has 1 aliphatic heterocycles. The minimum Gasteiger partial charge on any atom is -0.351 e. The van der Waals surface area contributed by atoms with Crippen molar-refractivity contribution < 1.29 is 9.59 Å². The van der Waals surface area contributed by atoms with Gasteiger partial charge in [-0.15, -0.1) is 0 Å². The molecule has 0 fully saturated rings. The number of fused-ring (bicyclic) bond motifs is 1. The van der Waals surface area contributed by atoms with Crippen molar-refractivity contribution in [2.75, 3.05) is 5.32 Å². The minimum atomic E-state index is -0.418. The number of carbonyl (C=O) groups excluding carboxylic acids is 2. The molecule has 2 amide bonds. The van der Waals surface area contributed by atoms with Crippen LogP contribution in [0.25, 0.3) is 0 Å². The second-order valence-corrected chi connectivity index (χ2v) is 5.10. The van der Waals surface area contributed by atoms with Crippen LogP contribution in [0.3, 0.4) is 0 Å². The second kappa shape index (κ2) is 5.79. The quantitative estimate of drug-likeness (QED) is 0.907.